The van der Waals surface area contributed by atoms with Gasteiger partial charge in [0.15, 0.2) is 0 Å². The van der Waals surface area contributed by atoms with E-state index in [1.807, 2.05) is 14.1 Å². The van der Waals surface area contributed by atoms with Gasteiger partial charge in [-0.1, -0.05) is 0 Å². The van der Waals surface area contributed by atoms with E-state index in [1.165, 1.54) is 0 Å². The van der Waals surface area contributed by atoms with Gasteiger partial charge < -0.3 is 10.6 Å². The minimum atomic E-state index is 0. The van der Waals surface area contributed by atoms with E-state index in [4.69, 9.17) is 0 Å². The fraction of sp³-hybridized carbons (Fsp3) is 1.00. The highest BCUT2D eigenvalue weighted by molar-refractivity contribution is 4.56. The number of hydrogen-bond donors (Lipinski definition) is 2. The Hall–Kier alpha value is -0.0800. The second kappa shape index (κ2) is 4.09. The highest BCUT2D eigenvalue weighted by atomic mass is 14.9. The zero-order valence-electron chi connectivity index (χ0n) is 5.28. The Balaban J connectivity index is 0. The molecule has 7 heavy (non-hydrogen) atoms. The van der Waals surface area contributed by atoms with Gasteiger partial charge >= 0.3 is 0 Å². The first-order chi connectivity index (χ1) is 3.31. The molecule has 0 fully saturated rings. The maximum atomic E-state index is 3.10. The van der Waals surface area contributed by atoms with E-state index in [0.717, 1.165) is 6.54 Å². The van der Waals surface area contributed by atoms with Gasteiger partial charge in [-0.05, 0) is 21.0 Å². The highest BCUT2D eigenvalue weighted by Crippen LogP contribution is 1.70. The monoisotopic (exact) mass is 104 g/mol. The van der Waals surface area contributed by atoms with Gasteiger partial charge in [-0.3, -0.25) is 0 Å². The van der Waals surface area contributed by atoms with E-state index in [9.17, 15) is 0 Å². The van der Waals surface area contributed by atoms with Crippen LogP contribution in [0.15, 0.2) is 0 Å². The average Bonchev–Trinajstić information content (AvgIpc) is 1.68. The van der Waals surface area contributed by atoms with Gasteiger partial charge in [0.25, 0.3) is 0 Å². The van der Waals surface area contributed by atoms with Crippen molar-refractivity contribution in [1.29, 1.82) is 0 Å². The fourth-order valence-electron chi connectivity index (χ4n) is 0.408. The summed E-state index contributed by atoms with van der Waals surface area (Å²) in [5.74, 6) is 0. The first-order valence-electron chi connectivity index (χ1n) is 2.63. The van der Waals surface area contributed by atoms with Crippen LogP contribution in [0, 0.1) is 0 Å². The van der Waals surface area contributed by atoms with Crippen molar-refractivity contribution in [1.82, 2.24) is 10.6 Å². The van der Waals surface area contributed by atoms with E-state index in [-0.39, 0.29) is 1.43 Å². The normalized spacial score (nSPS) is 14.1. The summed E-state index contributed by atoms with van der Waals surface area (Å²) in [5.41, 5.74) is 0. The van der Waals surface area contributed by atoms with Crippen LogP contribution in [0.3, 0.4) is 0 Å². The van der Waals surface area contributed by atoms with Crippen LogP contribution in [0.2, 0.25) is 0 Å². The fourth-order valence-corrected chi connectivity index (χ4v) is 0.408. The smallest absolute Gasteiger partial charge is 0.0161 e. The van der Waals surface area contributed by atoms with Crippen LogP contribution in [0.1, 0.15) is 8.35 Å². The Morgan fingerprint density at radius 1 is 1.57 bits per heavy atom. The Labute approximate surface area is 46.8 Å². The van der Waals surface area contributed by atoms with Gasteiger partial charge in [-0.25, -0.2) is 0 Å². The molecular formula is C5H16N2. The summed E-state index contributed by atoms with van der Waals surface area (Å²) in [4.78, 5) is 0. The minimum absolute atomic E-state index is 0. The van der Waals surface area contributed by atoms with Crippen LogP contribution in [0.5, 0.6) is 0 Å². The molecule has 0 rings (SSSR count). The standard InChI is InChI=1S/C5H14N2.H2/c1-5(7-3)4-6-2;/h5-7H,4H2,1-3H3;1H/t5-;/m0./s1. The molecule has 0 saturated heterocycles. The van der Waals surface area contributed by atoms with Crippen LogP contribution in [-0.4, -0.2) is 26.7 Å². The van der Waals surface area contributed by atoms with Crippen LogP contribution in [-0.2, 0) is 0 Å². The third-order valence-electron chi connectivity index (χ3n) is 1.00. The third kappa shape index (κ3) is 3.76. The first kappa shape index (κ1) is 6.92. The van der Waals surface area contributed by atoms with Crippen LogP contribution in [0.25, 0.3) is 0 Å². The van der Waals surface area contributed by atoms with Gasteiger partial charge in [0.05, 0.1) is 0 Å². The summed E-state index contributed by atoms with van der Waals surface area (Å²) >= 11 is 0. The molecule has 0 aliphatic carbocycles. The van der Waals surface area contributed by atoms with Crippen molar-refractivity contribution in [3.05, 3.63) is 0 Å². The Bertz CT molecular complexity index is 41.4. The van der Waals surface area contributed by atoms with Crippen molar-refractivity contribution in [2.45, 2.75) is 13.0 Å². The summed E-state index contributed by atoms with van der Waals surface area (Å²) in [6.45, 7) is 3.17. The van der Waals surface area contributed by atoms with Gasteiger partial charge in [0, 0.05) is 14.0 Å². The largest absolute Gasteiger partial charge is 0.318 e. The summed E-state index contributed by atoms with van der Waals surface area (Å²) in [5, 5.41) is 6.16. The Morgan fingerprint density at radius 3 is 2.29 bits per heavy atom. The molecule has 0 aromatic carbocycles. The van der Waals surface area contributed by atoms with Crippen LogP contribution < -0.4 is 10.6 Å². The van der Waals surface area contributed by atoms with Crippen LogP contribution in [0.4, 0.5) is 0 Å². The zero-order chi connectivity index (χ0) is 5.70. The SMILES string of the molecule is CNC[C@H](C)NC.[HH]. The first-order valence-corrected chi connectivity index (χ1v) is 2.63. The predicted molar refractivity (Wildman–Crippen MR) is 34.6 cm³/mol. The molecule has 2 nitrogen and oxygen atoms in total. The Kier molecular flexibility index (Phi) is 4.04. The van der Waals surface area contributed by atoms with E-state index in [0.29, 0.717) is 6.04 Å². The minimum Gasteiger partial charge on any atom is -0.318 e. The molecule has 0 bridgehead atoms. The lowest BCUT2D eigenvalue weighted by molar-refractivity contribution is 0.573. The molecule has 2 heteroatoms. The molecule has 0 aliphatic rings. The van der Waals surface area contributed by atoms with Crippen molar-refractivity contribution in [3.63, 3.8) is 0 Å². The second-order valence-electron chi connectivity index (χ2n) is 1.75. The van der Waals surface area contributed by atoms with Crippen molar-refractivity contribution in [2.75, 3.05) is 20.6 Å². The molecule has 0 aromatic heterocycles. The van der Waals surface area contributed by atoms with E-state index in [1.54, 1.807) is 0 Å². The summed E-state index contributed by atoms with van der Waals surface area (Å²) < 4.78 is 0. The van der Waals surface area contributed by atoms with Crippen molar-refractivity contribution in [2.24, 2.45) is 0 Å². The molecule has 0 amide bonds. The number of rotatable bonds is 3. The maximum Gasteiger partial charge on any atom is 0.0161 e. The number of nitrogens with one attached hydrogen (secondary N) is 2. The molecule has 0 saturated carbocycles. The lowest BCUT2D eigenvalue weighted by Gasteiger charge is -2.06. The molecule has 0 aromatic rings. The third-order valence-corrected chi connectivity index (χ3v) is 1.00. The lowest BCUT2D eigenvalue weighted by atomic mass is 10.3. The summed E-state index contributed by atoms with van der Waals surface area (Å²) in [6.07, 6.45) is 0. The molecule has 0 heterocycles. The predicted octanol–water partition coefficient (Wildman–Crippen LogP) is 0.0597. The van der Waals surface area contributed by atoms with Crippen LogP contribution >= 0.6 is 0 Å². The Morgan fingerprint density at radius 2 is 2.14 bits per heavy atom. The molecule has 0 spiro atoms. The maximum absolute atomic E-state index is 3.10. The average molecular weight is 104 g/mol. The van der Waals surface area contributed by atoms with Crippen molar-refractivity contribution < 1.29 is 1.43 Å². The molecule has 1 atom stereocenters. The van der Waals surface area contributed by atoms with Gasteiger partial charge in [-0.15, -0.1) is 0 Å². The van der Waals surface area contributed by atoms with Gasteiger partial charge in [0.1, 0.15) is 0 Å². The summed E-state index contributed by atoms with van der Waals surface area (Å²) in [6, 6.07) is 0.588. The quantitative estimate of drug-likeness (QED) is 0.529. The zero-order valence-corrected chi connectivity index (χ0v) is 5.28. The second-order valence-corrected chi connectivity index (χ2v) is 1.75. The molecule has 0 unspecified atom stereocenters. The molecule has 46 valence electrons. The number of likely N-dealkylation sites (N-methyl/N-ethyl adjacent to an activating group) is 2. The van der Waals surface area contributed by atoms with Crippen molar-refractivity contribution in [3.8, 4) is 0 Å². The number of hydrogen-bond acceptors (Lipinski definition) is 2. The topological polar surface area (TPSA) is 24.1 Å². The van der Waals surface area contributed by atoms with Gasteiger partial charge in [0.2, 0.25) is 0 Å². The lowest BCUT2D eigenvalue weighted by Crippen LogP contribution is -2.31. The van der Waals surface area contributed by atoms with E-state index in [2.05, 4.69) is 17.6 Å². The van der Waals surface area contributed by atoms with E-state index >= 15 is 0 Å². The molecular weight excluding hydrogens is 88.1 g/mol. The van der Waals surface area contributed by atoms with Gasteiger partial charge in [-0.2, -0.15) is 0 Å². The molecule has 2 N–H and O–H groups in total. The molecule has 0 radical (unpaired) electrons. The van der Waals surface area contributed by atoms with Crippen molar-refractivity contribution >= 4 is 0 Å². The summed E-state index contributed by atoms with van der Waals surface area (Å²) in [7, 11) is 3.91. The highest BCUT2D eigenvalue weighted by Gasteiger charge is 1.90. The van der Waals surface area contributed by atoms with E-state index < -0.39 is 0 Å². The molecule has 0 aliphatic heterocycles.